The zero-order chi connectivity index (χ0) is 21.4. The van der Waals surface area contributed by atoms with Crippen molar-refractivity contribution in [2.75, 3.05) is 25.1 Å². The third-order valence-corrected chi connectivity index (χ3v) is 4.61. The van der Waals surface area contributed by atoms with Crippen LogP contribution >= 0.6 is 0 Å². The fraction of sp³-hybridized carbons (Fsp3) is 0.381. The molecule has 0 bridgehead atoms. The molecule has 0 aliphatic heterocycles. The molecular weight excluding hydrogens is 385 g/mol. The molecule has 0 aliphatic rings. The summed E-state index contributed by atoms with van der Waals surface area (Å²) in [6.07, 6.45) is -3.95. The summed E-state index contributed by atoms with van der Waals surface area (Å²) in [4.78, 5) is 13.5. The number of hydrogen-bond donors (Lipinski definition) is 2. The zero-order valence-corrected chi connectivity index (χ0v) is 16.4. The van der Waals surface area contributed by atoms with Gasteiger partial charge in [-0.2, -0.15) is 13.2 Å². The lowest BCUT2D eigenvalue weighted by Crippen LogP contribution is -2.36. The summed E-state index contributed by atoms with van der Waals surface area (Å²) in [5.74, 6) is 0.191. The van der Waals surface area contributed by atoms with Crippen molar-refractivity contribution in [3.05, 3.63) is 59.7 Å². The SMILES string of the molecule is C[C@H](CCNC(=O)COc1ccc(CO)cc1)N(C)c1ccccc1C(F)(F)F. The highest BCUT2D eigenvalue weighted by Gasteiger charge is 2.34. The van der Waals surface area contributed by atoms with Crippen molar-refractivity contribution >= 4 is 11.6 Å². The van der Waals surface area contributed by atoms with E-state index in [4.69, 9.17) is 9.84 Å². The summed E-state index contributed by atoms with van der Waals surface area (Å²) in [5.41, 5.74) is 0.166. The molecule has 0 spiro atoms. The Hall–Kier alpha value is -2.74. The van der Waals surface area contributed by atoms with Gasteiger partial charge >= 0.3 is 6.18 Å². The number of carbonyl (C=O) groups is 1. The van der Waals surface area contributed by atoms with Gasteiger partial charge in [-0.1, -0.05) is 24.3 Å². The van der Waals surface area contributed by atoms with E-state index in [1.807, 2.05) is 0 Å². The van der Waals surface area contributed by atoms with Crippen LogP contribution in [0.1, 0.15) is 24.5 Å². The van der Waals surface area contributed by atoms with Crippen molar-refractivity contribution in [2.24, 2.45) is 0 Å². The Morgan fingerprint density at radius 3 is 2.45 bits per heavy atom. The van der Waals surface area contributed by atoms with Gasteiger partial charge in [0, 0.05) is 25.3 Å². The number of anilines is 1. The second-order valence-electron chi connectivity index (χ2n) is 6.70. The van der Waals surface area contributed by atoms with Gasteiger partial charge in [0.15, 0.2) is 6.61 Å². The fourth-order valence-electron chi connectivity index (χ4n) is 2.76. The molecular formula is C21H25F3N2O3. The molecule has 1 amide bonds. The number of amides is 1. The molecule has 2 aromatic rings. The van der Waals surface area contributed by atoms with Crippen LogP contribution in [-0.4, -0.2) is 37.3 Å². The normalized spacial score (nSPS) is 12.3. The lowest BCUT2D eigenvalue weighted by molar-refractivity contribution is -0.137. The molecule has 0 aromatic heterocycles. The van der Waals surface area contributed by atoms with Gasteiger partial charge < -0.3 is 20.1 Å². The second kappa shape index (κ2) is 10.2. The molecule has 0 saturated carbocycles. The number of para-hydroxylation sites is 1. The minimum atomic E-state index is -4.43. The van der Waals surface area contributed by atoms with Crippen LogP contribution in [0.4, 0.5) is 18.9 Å². The van der Waals surface area contributed by atoms with E-state index in [2.05, 4.69) is 5.32 Å². The van der Waals surface area contributed by atoms with Crippen molar-refractivity contribution in [3.8, 4) is 5.75 Å². The number of alkyl halides is 3. The van der Waals surface area contributed by atoms with Gasteiger partial charge in [-0.05, 0) is 43.2 Å². The highest BCUT2D eigenvalue weighted by Crippen LogP contribution is 2.36. The predicted octanol–water partition coefficient (Wildman–Crippen LogP) is 3.61. The first-order valence-corrected chi connectivity index (χ1v) is 9.20. The average molecular weight is 410 g/mol. The van der Waals surface area contributed by atoms with Gasteiger partial charge in [-0.3, -0.25) is 4.79 Å². The van der Waals surface area contributed by atoms with Crippen LogP contribution < -0.4 is 15.0 Å². The maximum atomic E-state index is 13.2. The van der Waals surface area contributed by atoms with E-state index < -0.39 is 11.7 Å². The Balaban J connectivity index is 1.80. The van der Waals surface area contributed by atoms with Gasteiger partial charge in [-0.25, -0.2) is 0 Å². The standard InChI is InChI=1S/C21H25F3N2O3/c1-15(26(2)19-6-4-3-5-18(19)21(22,23)24)11-12-25-20(28)14-29-17-9-7-16(13-27)8-10-17/h3-10,15,27H,11-14H2,1-2H3,(H,25,28)/t15-/m1/s1. The Kier molecular flexibility index (Phi) is 7.90. The van der Waals surface area contributed by atoms with E-state index in [0.717, 1.165) is 11.6 Å². The molecule has 0 radical (unpaired) electrons. The monoisotopic (exact) mass is 410 g/mol. The number of halogens is 3. The Bertz CT molecular complexity index is 795. The molecule has 2 rings (SSSR count). The first-order valence-electron chi connectivity index (χ1n) is 9.20. The van der Waals surface area contributed by atoms with E-state index in [9.17, 15) is 18.0 Å². The van der Waals surface area contributed by atoms with Gasteiger partial charge in [0.2, 0.25) is 0 Å². The number of aliphatic hydroxyl groups is 1. The molecule has 29 heavy (non-hydrogen) atoms. The van der Waals surface area contributed by atoms with E-state index in [1.54, 1.807) is 49.2 Å². The van der Waals surface area contributed by atoms with Crippen LogP contribution in [0, 0.1) is 0 Å². The smallest absolute Gasteiger partial charge is 0.418 e. The van der Waals surface area contributed by atoms with Crippen molar-refractivity contribution in [2.45, 2.75) is 32.2 Å². The molecule has 0 aliphatic carbocycles. The number of nitrogens with zero attached hydrogens (tertiary/aromatic N) is 1. The number of rotatable bonds is 9. The Labute approximate surface area is 168 Å². The molecule has 8 heteroatoms. The van der Waals surface area contributed by atoms with Crippen molar-refractivity contribution in [3.63, 3.8) is 0 Å². The quantitative estimate of drug-likeness (QED) is 0.663. The molecule has 5 nitrogen and oxygen atoms in total. The topological polar surface area (TPSA) is 61.8 Å². The van der Waals surface area contributed by atoms with Gasteiger partial charge in [-0.15, -0.1) is 0 Å². The highest BCUT2D eigenvalue weighted by atomic mass is 19.4. The van der Waals surface area contributed by atoms with Gasteiger partial charge in [0.05, 0.1) is 12.2 Å². The van der Waals surface area contributed by atoms with Crippen LogP contribution in [0.25, 0.3) is 0 Å². The fourth-order valence-corrected chi connectivity index (χ4v) is 2.76. The van der Waals surface area contributed by atoms with Crippen molar-refractivity contribution in [1.29, 1.82) is 0 Å². The Morgan fingerprint density at radius 1 is 1.17 bits per heavy atom. The largest absolute Gasteiger partial charge is 0.484 e. The molecule has 0 heterocycles. The lowest BCUT2D eigenvalue weighted by atomic mass is 10.1. The molecule has 158 valence electrons. The maximum Gasteiger partial charge on any atom is 0.418 e. The lowest BCUT2D eigenvalue weighted by Gasteiger charge is -2.29. The molecule has 2 aromatic carbocycles. The summed E-state index contributed by atoms with van der Waals surface area (Å²) in [6.45, 7) is 1.88. The minimum absolute atomic E-state index is 0.0686. The van der Waals surface area contributed by atoms with Crippen molar-refractivity contribution in [1.82, 2.24) is 5.32 Å². The third-order valence-electron chi connectivity index (χ3n) is 4.61. The Morgan fingerprint density at radius 2 is 1.83 bits per heavy atom. The summed E-state index contributed by atoms with van der Waals surface area (Å²) in [6, 6.07) is 11.9. The maximum absolute atomic E-state index is 13.2. The first kappa shape index (κ1) is 22.5. The third kappa shape index (κ3) is 6.67. The number of ether oxygens (including phenoxy) is 1. The van der Waals surface area contributed by atoms with E-state index in [0.29, 0.717) is 18.7 Å². The summed E-state index contributed by atoms with van der Waals surface area (Å²) >= 11 is 0. The van der Waals surface area contributed by atoms with Gasteiger partial charge in [0.25, 0.3) is 5.91 Å². The highest BCUT2D eigenvalue weighted by molar-refractivity contribution is 5.77. The number of carbonyl (C=O) groups excluding carboxylic acids is 1. The van der Waals surface area contributed by atoms with Crippen LogP contribution in [0.5, 0.6) is 5.75 Å². The van der Waals surface area contributed by atoms with Gasteiger partial charge in [0.1, 0.15) is 5.75 Å². The molecule has 2 N–H and O–H groups in total. The van der Waals surface area contributed by atoms with E-state index in [-0.39, 0.29) is 30.9 Å². The number of benzene rings is 2. The number of nitrogens with one attached hydrogen (secondary N) is 1. The minimum Gasteiger partial charge on any atom is -0.484 e. The molecule has 1 atom stereocenters. The van der Waals surface area contributed by atoms with E-state index >= 15 is 0 Å². The summed E-state index contributed by atoms with van der Waals surface area (Å²) < 4.78 is 44.9. The predicted molar refractivity (Wildman–Crippen MR) is 105 cm³/mol. The van der Waals surface area contributed by atoms with E-state index in [1.165, 1.54) is 12.1 Å². The van der Waals surface area contributed by atoms with Crippen molar-refractivity contribution < 1.29 is 27.8 Å². The average Bonchev–Trinajstić information content (AvgIpc) is 2.71. The zero-order valence-electron chi connectivity index (χ0n) is 16.4. The van der Waals surface area contributed by atoms with Crippen LogP contribution in [0.2, 0.25) is 0 Å². The summed E-state index contributed by atoms with van der Waals surface area (Å²) in [7, 11) is 1.61. The first-order chi connectivity index (χ1) is 13.7. The molecule has 0 fully saturated rings. The second-order valence-corrected chi connectivity index (χ2v) is 6.70. The summed E-state index contributed by atoms with van der Waals surface area (Å²) in [5, 5.41) is 11.7. The van der Waals surface area contributed by atoms with Crippen LogP contribution in [0.3, 0.4) is 0 Å². The van der Waals surface area contributed by atoms with Crippen LogP contribution in [0.15, 0.2) is 48.5 Å². The molecule has 0 unspecified atom stereocenters. The molecule has 0 saturated heterocycles. The number of hydrogen-bond acceptors (Lipinski definition) is 4. The van der Waals surface area contributed by atoms with Crippen LogP contribution in [-0.2, 0) is 17.6 Å². The number of aliphatic hydroxyl groups excluding tert-OH is 1.